The number of nitrogens with two attached hydrogens (primary N) is 5. The molecule has 16 heteroatoms. The number of aliphatic carboxylic acids is 1. The molecule has 0 aliphatic rings. The number of aliphatic imine (C=N–C) groups is 1. The van der Waals surface area contributed by atoms with Crippen LogP contribution in [0.5, 0.6) is 0 Å². The van der Waals surface area contributed by atoms with Gasteiger partial charge in [0.05, 0.1) is 12.5 Å². The van der Waals surface area contributed by atoms with Crippen LogP contribution in [-0.2, 0) is 35.2 Å². The third-order valence-electron chi connectivity index (χ3n) is 5.55. The summed E-state index contributed by atoms with van der Waals surface area (Å²) in [7, 11) is 0. The molecule has 1 rings (SSSR count). The number of carboxylic acid groups (broad SMARTS) is 1. The number of amides is 5. The zero-order chi connectivity index (χ0) is 30.2. The summed E-state index contributed by atoms with van der Waals surface area (Å²) >= 11 is 0. The summed E-state index contributed by atoms with van der Waals surface area (Å²) in [6.07, 6.45) is -0.668. The maximum absolute atomic E-state index is 13.3. The van der Waals surface area contributed by atoms with E-state index >= 15 is 0 Å². The highest BCUT2D eigenvalue weighted by Crippen LogP contribution is 2.07. The Balaban J connectivity index is 3.15. The minimum absolute atomic E-state index is 0.0166. The van der Waals surface area contributed by atoms with Crippen LogP contribution in [0, 0.1) is 0 Å². The van der Waals surface area contributed by atoms with Gasteiger partial charge in [0.1, 0.15) is 18.1 Å². The summed E-state index contributed by atoms with van der Waals surface area (Å²) in [5.74, 6) is -5.70. The van der Waals surface area contributed by atoms with Crippen molar-refractivity contribution < 1.29 is 33.9 Å². The molecule has 40 heavy (non-hydrogen) atoms. The van der Waals surface area contributed by atoms with Gasteiger partial charge in [-0.2, -0.15) is 0 Å². The Labute approximate surface area is 230 Å². The van der Waals surface area contributed by atoms with E-state index in [1.807, 2.05) is 0 Å². The molecule has 16 nitrogen and oxygen atoms in total. The molecule has 0 saturated carbocycles. The number of guanidine groups is 1. The molecule has 4 atom stereocenters. The van der Waals surface area contributed by atoms with Crippen LogP contribution in [0.25, 0.3) is 0 Å². The van der Waals surface area contributed by atoms with Crippen LogP contribution in [0.15, 0.2) is 35.3 Å². The smallest absolute Gasteiger partial charge is 0.326 e. The van der Waals surface area contributed by atoms with E-state index in [9.17, 15) is 33.9 Å². The van der Waals surface area contributed by atoms with Gasteiger partial charge in [0.2, 0.25) is 29.5 Å². The number of carbonyl (C=O) groups is 6. The third kappa shape index (κ3) is 13.2. The summed E-state index contributed by atoms with van der Waals surface area (Å²) in [5.41, 5.74) is 27.3. The minimum Gasteiger partial charge on any atom is -0.480 e. The zero-order valence-corrected chi connectivity index (χ0v) is 21.9. The van der Waals surface area contributed by atoms with Gasteiger partial charge in [-0.15, -0.1) is 0 Å². The Hall–Kier alpha value is -4.73. The number of nitrogens with one attached hydrogen (secondary N) is 3. The molecule has 1 aromatic rings. The van der Waals surface area contributed by atoms with E-state index in [1.165, 1.54) is 0 Å². The Kier molecular flexibility index (Phi) is 14.1. The van der Waals surface area contributed by atoms with Crippen LogP contribution in [0.3, 0.4) is 0 Å². The quantitative estimate of drug-likeness (QED) is 0.0478. The first-order valence-corrected chi connectivity index (χ1v) is 12.4. The molecule has 0 heterocycles. The molecule has 0 saturated heterocycles. The van der Waals surface area contributed by atoms with E-state index in [0.29, 0.717) is 5.56 Å². The van der Waals surface area contributed by atoms with Crippen molar-refractivity contribution in [1.29, 1.82) is 0 Å². The lowest BCUT2D eigenvalue weighted by Gasteiger charge is -2.25. The van der Waals surface area contributed by atoms with Crippen molar-refractivity contribution in [3.05, 3.63) is 35.9 Å². The number of carboxylic acids is 1. The molecule has 0 aliphatic heterocycles. The molecule has 0 radical (unpaired) electrons. The highest BCUT2D eigenvalue weighted by atomic mass is 16.4. The average Bonchev–Trinajstić information content (AvgIpc) is 2.87. The predicted molar refractivity (Wildman–Crippen MR) is 144 cm³/mol. The second-order valence-electron chi connectivity index (χ2n) is 8.94. The van der Waals surface area contributed by atoms with Crippen LogP contribution in [-0.4, -0.2) is 77.3 Å². The summed E-state index contributed by atoms with van der Waals surface area (Å²) in [5, 5.41) is 16.6. The van der Waals surface area contributed by atoms with Gasteiger partial charge in [-0.25, -0.2) is 4.79 Å². The standard InChI is InChI=1S/C24H37N9O7/c25-14(8-9-18(26)34)20(36)32-16(11-13-5-2-1-3-6-13)22(38)31-15(7-4-10-30-24(28)29)21(37)33-17(23(39)40)12-19(27)35/h1-3,5-6,14-17H,4,7-12,25H2,(H2,26,34)(H2,27,35)(H,31,38)(H,32,36)(H,33,37)(H,39,40)(H4,28,29,30). The molecular formula is C24H37N9O7. The summed E-state index contributed by atoms with van der Waals surface area (Å²) in [4.78, 5) is 76.6. The highest BCUT2D eigenvalue weighted by Gasteiger charge is 2.31. The van der Waals surface area contributed by atoms with E-state index in [1.54, 1.807) is 30.3 Å². The second kappa shape index (κ2) is 17.0. The molecule has 0 spiro atoms. The fourth-order valence-electron chi connectivity index (χ4n) is 3.48. The van der Waals surface area contributed by atoms with E-state index < -0.39 is 66.1 Å². The van der Waals surface area contributed by atoms with Crippen LogP contribution in [0.2, 0.25) is 0 Å². The van der Waals surface area contributed by atoms with Gasteiger partial charge < -0.3 is 49.7 Å². The van der Waals surface area contributed by atoms with Crippen molar-refractivity contribution in [2.24, 2.45) is 33.7 Å². The van der Waals surface area contributed by atoms with E-state index in [-0.39, 0.29) is 44.6 Å². The number of benzene rings is 1. The second-order valence-corrected chi connectivity index (χ2v) is 8.94. The topological polar surface area (TPSA) is 301 Å². The van der Waals surface area contributed by atoms with Gasteiger partial charge >= 0.3 is 5.97 Å². The maximum atomic E-state index is 13.3. The molecular weight excluding hydrogens is 526 g/mol. The van der Waals surface area contributed by atoms with E-state index in [4.69, 9.17) is 28.7 Å². The van der Waals surface area contributed by atoms with Crippen molar-refractivity contribution in [3.63, 3.8) is 0 Å². The molecule has 1 aromatic carbocycles. The predicted octanol–water partition coefficient (Wildman–Crippen LogP) is -3.71. The highest BCUT2D eigenvalue weighted by molar-refractivity contribution is 5.95. The van der Waals surface area contributed by atoms with Crippen molar-refractivity contribution in [1.82, 2.24) is 16.0 Å². The summed E-state index contributed by atoms with van der Waals surface area (Å²) < 4.78 is 0. The Morgan fingerprint density at radius 2 is 1.35 bits per heavy atom. The number of hydrogen-bond donors (Lipinski definition) is 9. The molecule has 0 aliphatic carbocycles. The van der Waals surface area contributed by atoms with Crippen LogP contribution in [0.1, 0.15) is 37.7 Å². The van der Waals surface area contributed by atoms with Crippen molar-refractivity contribution in [3.8, 4) is 0 Å². The SMILES string of the molecule is NC(=O)CCC(N)C(=O)NC(Cc1ccccc1)C(=O)NC(CCCN=C(N)N)C(=O)NC(CC(N)=O)C(=O)O. The van der Waals surface area contributed by atoms with E-state index in [2.05, 4.69) is 20.9 Å². The number of nitrogens with zero attached hydrogens (tertiary/aromatic N) is 1. The zero-order valence-electron chi connectivity index (χ0n) is 21.9. The monoisotopic (exact) mass is 563 g/mol. The summed E-state index contributed by atoms with van der Waals surface area (Å²) in [6.45, 7) is 0.102. The molecule has 14 N–H and O–H groups in total. The first-order chi connectivity index (χ1) is 18.8. The first-order valence-electron chi connectivity index (χ1n) is 12.4. The minimum atomic E-state index is -1.63. The van der Waals surface area contributed by atoms with Gasteiger partial charge in [-0.05, 0) is 24.8 Å². The fraction of sp³-hybridized carbons (Fsp3) is 0.458. The van der Waals surface area contributed by atoms with Gasteiger partial charge in [0.25, 0.3) is 0 Å². The lowest BCUT2D eigenvalue weighted by molar-refractivity contribution is -0.143. The number of rotatable bonds is 18. The normalized spacial score (nSPS) is 13.5. The number of hydrogen-bond acceptors (Lipinski definition) is 8. The van der Waals surface area contributed by atoms with Gasteiger partial charge in [0.15, 0.2) is 5.96 Å². The molecule has 0 aromatic heterocycles. The fourth-order valence-corrected chi connectivity index (χ4v) is 3.48. The van der Waals surface area contributed by atoms with Gasteiger partial charge in [-0.1, -0.05) is 30.3 Å². The van der Waals surface area contributed by atoms with Crippen LogP contribution < -0.4 is 44.6 Å². The summed E-state index contributed by atoms with van der Waals surface area (Å²) in [6, 6.07) is 3.40. The average molecular weight is 564 g/mol. The van der Waals surface area contributed by atoms with Crippen molar-refractivity contribution in [2.75, 3.05) is 6.54 Å². The Morgan fingerprint density at radius 1 is 0.775 bits per heavy atom. The maximum Gasteiger partial charge on any atom is 0.326 e. The molecule has 4 unspecified atom stereocenters. The molecule has 220 valence electrons. The largest absolute Gasteiger partial charge is 0.480 e. The van der Waals surface area contributed by atoms with E-state index in [0.717, 1.165) is 0 Å². The first kappa shape index (κ1) is 33.3. The van der Waals surface area contributed by atoms with Crippen molar-refractivity contribution in [2.45, 2.75) is 62.7 Å². The molecule has 0 bridgehead atoms. The number of carbonyl (C=O) groups excluding carboxylic acids is 5. The van der Waals surface area contributed by atoms with Gasteiger partial charge in [-0.3, -0.25) is 29.0 Å². The van der Waals surface area contributed by atoms with Crippen molar-refractivity contribution >= 4 is 41.5 Å². The number of primary amides is 2. The lowest BCUT2D eigenvalue weighted by Crippen LogP contribution is -2.57. The Morgan fingerprint density at radius 3 is 1.90 bits per heavy atom. The van der Waals surface area contributed by atoms with Crippen LogP contribution in [0.4, 0.5) is 0 Å². The molecule has 0 fully saturated rings. The lowest BCUT2D eigenvalue weighted by atomic mass is 10.0. The molecule has 5 amide bonds. The van der Waals surface area contributed by atoms with Crippen LogP contribution >= 0.6 is 0 Å². The third-order valence-corrected chi connectivity index (χ3v) is 5.55. The van der Waals surface area contributed by atoms with Gasteiger partial charge in [0, 0.05) is 19.4 Å². The Bertz CT molecular complexity index is 1080.